The Balaban J connectivity index is 1.19. The van der Waals surface area contributed by atoms with Crippen molar-refractivity contribution in [3.05, 3.63) is 64.7 Å². The first-order chi connectivity index (χ1) is 15.1. The predicted molar refractivity (Wildman–Crippen MR) is 123 cm³/mol. The normalized spacial score (nSPS) is 12.9. The lowest BCUT2D eigenvalue weighted by Gasteiger charge is -2.13. The van der Waals surface area contributed by atoms with Gasteiger partial charge in [-0.25, -0.2) is 0 Å². The van der Waals surface area contributed by atoms with E-state index in [1.807, 2.05) is 12.1 Å². The summed E-state index contributed by atoms with van der Waals surface area (Å²) in [5, 5.41) is 3.48. The monoisotopic (exact) mass is 440 g/mol. The standard InChI is InChI=1S/C25H29ClN2O3/c26-19-12-11-13-20(18-19)27-23(29)16-7-5-3-1-2-4-6-10-17-28-24(30)21-14-8-9-15-22(21)25(28)31/h8-9,11-15,18H,1-7,10,16-17H2,(H,27,29). The van der Waals surface area contributed by atoms with Crippen LogP contribution >= 0.6 is 11.6 Å². The molecule has 6 heteroatoms. The predicted octanol–water partition coefficient (Wildman–Crippen LogP) is 6.09. The Morgan fingerprint density at radius 3 is 1.97 bits per heavy atom. The summed E-state index contributed by atoms with van der Waals surface area (Å²) in [5.41, 5.74) is 1.78. The maximum atomic E-state index is 12.3. The minimum absolute atomic E-state index is 0.0235. The molecule has 0 atom stereocenters. The lowest BCUT2D eigenvalue weighted by molar-refractivity contribution is -0.116. The zero-order valence-corrected chi connectivity index (χ0v) is 18.5. The molecule has 2 aromatic carbocycles. The van der Waals surface area contributed by atoms with E-state index in [1.165, 1.54) is 4.90 Å². The maximum absolute atomic E-state index is 12.3. The first-order valence-electron chi connectivity index (χ1n) is 11.1. The highest BCUT2D eigenvalue weighted by atomic mass is 35.5. The molecule has 0 fully saturated rings. The van der Waals surface area contributed by atoms with Crippen molar-refractivity contribution in [1.82, 2.24) is 4.90 Å². The summed E-state index contributed by atoms with van der Waals surface area (Å²) < 4.78 is 0. The molecule has 0 spiro atoms. The van der Waals surface area contributed by atoms with E-state index in [1.54, 1.807) is 36.4 Å². The van der Waals surface area contributed by atoms with Gasteiger partial charge in [-0.3, -0.25) is 19.3 Å². The average Bonchev–Trinajstić information content (AvgIpc) is 3.00. The molecule has 3 amide bonds. The molecule has 0 saturated carbocycles. The van der Waals surface area contributed by atoms with Crippen molar-refractivity contribution in [2.75, 3.05) is 11.9 Å². The zero-order chi connectivity index (χ0) is 22.1. The Morgan fingerprint density at radius 2 is 1.35 bits per heavy atom. The van der Waals surface area contributed by atoms with Gasteiger partial charge in [0.2, 0.25) is 5.91 Å². The number of rotatable bonds is 12. The highest BCUT2D eigenvalue weighted by Gasteiger charge is 2.34. The van der Waals surface area contributed by atoms with Gasteiger partial charge < -0.3 is 5.32 Å². The molecule has 1 aliphatic heterocycles. The second kappa shape index (κ2) is 11.7. The third-order valence-corrected chi connectivity index (χ3v) is 5.76. The molecule has 0 saturated heterocycles. The Kier molecular flexibility index (Phi) is 8.65. The number of hydrogen-bond acceptors (Lipinski definition) is 3. The number of unbranched alkanes of at least 4 members (excludes halogenated alkanes) is 7. The molecule has 0 unspecified atom stereocenters. The van der Waals surface area contributed by atoms with Crippen molar-refractivity contribution in [2.24, 2.45) is 0 Å². The van der Waals surface area contributed by atoms with Crippen molar-refractivity contribution < 1.29 is 14.4 Å². The van der Waals surface area contributed by atoms with E-state index in [2.05, 4.69) is 5.32 Å². The largest absolute Gasteiger partial charge is 0.326 e. The number of nitrogens with zero attached hydrogens (tertiary/aromatic N) is 1. The quantitative estimate of drug-likeness (QED) is 0.321. The molecular weight excluding hydrogens is 412 g/mol. The molecule has 0 bridgehead atoms. The van der Waals surface area contributed by atoms with Gasteiger partial charge in [0.05, 0.1) is 11.1 Å². The summed E-state index contributed by atoms with van der Waals surface area (Å²) in [5.74, 6) is -0.310. The number of anilines is 1. The van der Waals surface area contributed by atoms with Gasteiger partial charge in [0.25, 0.3) is 11.8 Å². The van der Waals surface area contributed by atoms with Crippen LogP contribution in [0.5, 0.6) is 0 Å². The third-order valence-electron chi connectivity index (χ3n) is 5.52. The van der Waals surface area contributed by atoms with E-state index in [0.717, 1.165) is 57.1 Å². The van der Waals surface area contributed by atoms with Crippen LogP contribution in [-0.2, 0) is 4.79 Å². The Labute approximate surface area is 188 Å². The van der Waals surface area contributed by atoms with Crippen LogP contribution < -0.4 is 5.32 Å². The van der Waals surface area contributed by atoms with Gasteiger partial charge in [0.15, 0.2) is 0 Å². The van der Waals surface area contributed by atoms with Gasteiger partial charge in [0, 0.05) is 23.7 Å². The topological polar surface area (TPSA) is 66.5 Å². The first-order valence-corrected chi connectivity index (χ1v) is 11.4. The van der Waals surface area contributed by atoms with Gasteiger partial charge in [0.1, 0.15) is 0 Å². The number of fused-ring (bicyclic) bond motifs is 1. The SMILES string of the molecule is O=C(CCCCCCCCCCN1C(=O)c2ccccc2C1=O)Nc1cccc(Cl)c1. The van der Waals surface area contributed by atoms with Crippen LogP contribution in [0.25, 0.3) is 0 Å². The van der Waals surface area contributed by atoms with Gasteiger partial charge in [-0.2, -0.15) is 0 Å². The van der Waals surface area contributed by atoms with E-state index in [4.69, 9.17) is 11.6 Å². The summed E-state index contributed by atoms with van der Waals surface area (Å²) in [7, 11) is 0. The second-order valence-corrected chi connectivity index (χ2v) is 8.38. The number of nitrogens with one attached hydrogen (secondary N) is 1. The van der Waals surface area contributed by atoms with E-state index in [0.29, 0.717) is 29.1 Å². The van der Waals surface area contributed by atoms with E-state index >= 15 is 0 Å². The molecule has 0 aliphatic carbocycles. The third kappa shape index (κ3) is 6.66. The molecule has 0 radical (unpaired) electrons. The second-order valence-electron chi connectivity index (χ2n) is 7.94. The molecule has 164 valence electrons. The molecule has 31 heavy (non-hydrogen) atoms. The lowest BCUT2D eigenvalue weighted by Crippen LogP contribution is -2.30. The highest BCUT2D eigenvalue weighted by Crippen LogP contribution is 2.23. The van der Waals surface area contributed by atoms with Gasteiger partial charge >= 0.3 is 0 Å². The number of hydrogen-bond donors (Lipinski definition) is 1. The number of carbonyl (C=O) groups is 3. The summed E-state index contributed by atoms with van der Waals surface area (Å²) in [6.45, 7) is 0.494. The molecule has 1 heterocycles. The lowest BCUT2D eigenvalue weighted by atomic mass is 10.1. The minimum Gasteiger partial charge on any atom is -0.326 e. The fourth-order valence-electron chi connectivity index (χ4n) is 3.85. The Bertz CT molecular complexity index is 893. The number of carbonyl (C=O) groups excluding carboxylic acids is 3. The Hall–Kier alpha value is -2.66. The fraction of sp³-hybridized carbons (Fsp3) is 0.400. The summed E-state index contributed by atoms with van der Waals surface area (Å²) in [4.78, 5) is 37.9. The molecule has 2 aromatic rings. The summed E-state index contributed by atoms with van der Waals surface area (Å²) >= 11 is 5.92. The van der Waals surface area contributed by atoms with Crippen molar-refractivity contribution in [2.45, 2.75) is 57.8 Å². The van der Waals surface area contributed by atoms with E-state index < -0.39 is 0 Å². The zero-order valence-electron chi connectivity index (χ0n) is 17.7. The van der Waals surface area contributed by atoms with Crippen LogP contribution in [0.2, 0.25) is 5.02 Å². The number of amides is 3. The maximum Gasteiger partial charge on any atom is 0.261 e. The highest BCUT2D eigenvalue weighted by molar-refractivity contribution is 6.30. The number of imide groups is 1. The fourth-order valence-corrected chi connectivity index (χ4v) is 4.04. The van der Waals surface area contributed by atoms with Crippen LogP contribution in [0.3, 0.4) is 0 Å². The van der Waals surface area contributed by atoms with Crippen molar-refractivity contribution >= 4 is 35.0 Å². The molecule has 5 nitrogen and oxygen atoms in total. The van der Waals surface area contributed by atoms with Crippen molar-refractivity contribution in [3.8, 4) is 0 Å². The molecule has 1 aliphatic rings. The Morgan fingerprint density at radius 1 is 0.774 bits per heavy atom. The summed E-state index contributed by atoms with van der Waals surface area (Å²) in [6, 6.07) is 14.2. The molecule has 3 rings (SSSR count). The van der Waals surface area contributed by atoms with Gasteiger partial charge in [-0.05, 0) is 43.2 Å². The molecular formula is C25H29ClN2O3. The van der Waals surface area contributed by atoms with Gasteiger partial charge in [-0.15, -0.1) is 0 Å². The van der Waals surface area contributed by atoms with Crippen molar-refractivity contribution in [3.63, 3.8) is 0 Å². The molecule has 0 aromatic heterocycles. The van der Waals surface area contributed by atoms with E-state index in [9.17, 15) is 14.4 Å². The molecule has 1 N–H and O–H groups in total. The average molecular weight is 441 g/mol. The van der Waals surface area contributed by atoms with Crippen molar-refractivity contribution in [1.29, 1.82) is 0 Å². The van der Waals surface area contributed by atoms with E-state index in [-0.39, 0.29) is 17.7 Å². The van der Waals surface area contributed by atoms with Crippen LogP contribution in [0.4, 0.5) is 5.69 Å². The smallest absolute Gasteiger partial charge is 0.261 e. The van der Waals surface area contributed by atoms with Crippen LogP contribution in [-0.4, -0.2) is 29.2 Å². The first kappa shape index (κ1) is 23.0. The summed E-state index contributed by atoms with van der Waals surface area (Å²) in [6.07, 6.45) is 8.78. The van der Waals surface area contributed by atoms with Crippen LogP contribution in [0, 0.1) is 0 Å². The number of halogens is 1. The van der Waals surface area contributed by atoms with Crippen LogP contribution in [0.15, 0.2) is 48.5 Å². The number of benzene rings is 2. The van der Waals surface area contributed by atoms with Crippen LogP contribution in [0.1, 0.15) is 78.5 Å². The van der Waals surface area contributed by atoms with Gasteiger partial charge in [-0.1, -0.05) is 68.3 Å². The minimum atomic E-state index is -0.167.